The van der Waals surface area contributed by atoms with Crippen LogP contribution in [0.2, 0.25) is 0 Å². The number of hydrogen-bond donors (Lipinski definition) is 0. The lowest BCUT2D eigenvalue weighted by atomic mass is 10.1. The molecule has 0 saturated heterocycles. The quantitative estimate of drug-likeness (QED) is 0.848. The molecule has 0 spiro atoms. The molecule has 1 aliphatic rings. The number of rotatable bonds is 3. The summed E-state index contributed by atoms with van der Waals surface area (Å²) in [4.78, 5) is 14.2. The van der Waals surface area contributed by atoms with Gasteiger partial charge in [0, 0.05) is 6.04 Å². The molecule has 1 amide bonds. The van der Waals surface area contributed by atoms with Crippen molar-refractivity contribution in [3.8, 4) is 0 Å². The molecule has 0 aliphatic carbocycles. The second kappa shape index (κ2) is 5.62. The molecule has 0 N–H and O–H groups in total. The molecule has 1 aromatic carbocycles. The Bertz CT molecular complexity index is 882. The molecule has 0 unspecified atom stereocenters. The Kier molecular flexibility index (Phi) is 3.87. The van der Waals surface area contributed by atoms with Crippen molar-refractivity contribution >= 4 is 27.3 Å². The Labute approximate surface area is 140 Å². The average molecular weight is 349 g/mol. The summed E-state index contributed by atoms with van der Waals surface area (Å²) in [5, 5.41) is 3.72. The minimum atomic E-state index is -3.95. The van der Waals surface area contributed by atoms with Crippen LogP contribution in [-0.4, -0.2) is 32.1 Å². The Balaban J connectivity index is 2.19. The van der Waals surface area contributed by atoms with Gasteiger partial charge in [0.25, 0.3) is 10.0 Å². The van der Waals surface area contributed by atoms with Crippen molar-refractivity contribution in [1.29, 1.82) is 0 Å². The van der Waals surface area contributed by atoms with E-state index >= 15 is 0 Å². The van der Waals surface area contributed by atoms with Crippen LogP contribution in [-0.2, 0) is 14.8 Å². The molecule has 2 aromatic rings. The van der Waals surface area contributed by atoms with Crippen molar-refractivity contribution in [3.05, 3.63) is 35.7 Å². The average Bonchev–Trinajstić information content (AvgIpc) is 2.85. The summed E-state index contributed by atoms with van der Waals surface area (Å²) in [5.74, 6) is -0.0530. The number of anilines is 2. The van der Waals surface area contributed by atoms with Gasteiger partial charge in [0.2, 0.25) is 5.91 Å². The molecule has 0 saturated carbocycles. The van der Waals surface area contributed by atoms with Gasteiger partial charge in [-0.3, -0.25) is 9.10 Å². The number of sulfonamides is 1. The monoisotopic (exact) mass is 349 g/mol. The topological polar surface area (TPSA) is 83.7 Å². The zero-order chi connectivity index (χ0) is 17.6. The fraction of sp³-hybridized carbons (Fsp3) is 0.375. The van der Waals surface area contributed by atoms with Crippen LogP contribution in [0.25, 0.3) is 0 Å². The Morgan fingerprint density at radius 1 is 1.17 bits per heavy atom. The number of amides is 1. The number of carbonyl (C=O) groups is 1. The van der Waals surface area contributed by atoms with Crippen molar-refractivity contribution in [2.45, 2.75) is 38.6 Å². The largest absolute Gasteiger partial charge is 0.360 e. The van der Waals surface area contributed by atoms with E-state index < -0.39 is 10.0 Å². The van der Waals surface area contributed by atoms with Gasteiger partial charge in [0.05, 0.1) is 11.4 Å². The summed E-state index contributed by atoms with van der Waals surface area (Å²) in [6, 6.07) is 6.92. The maximum atomic E-state index is 13.1. The SMILES string of the molecule is Cc1noc(C)c1S(=O)(=O)N1CC(=O)N(C(C)C)c2ccccc21. The minimum absolute atomic E-state index is 0.0168. The lowest BCUT2D eigenvalue weighted by molar-refractivity contribution is -0.117. The summed E-state index contributed by atoms with van der Waals surface area (Å²) >= 11 is 0. The van der Waals surface area contributed by atoms with E-state index in [2.05, 4.69) is 5.16 Å². The molecule has 24 heavy (non-hydrogen) atoms. The van der Waals surface area contributed by atoms with Gasteiger partial charge in [-0.05, 0) is 39.8 Å². The second-order valence-corrected chi connectivity index (χ2v) is 7.81. The number of carbonyl (C=O) groups excluding carboxylic acids is 1. The van der Waals surface area contributed by atoms with Crippen LogP contribution < -0.4 is 9.21 Å². The molecule has 3 rings (SSSR count). The van der Waals surface area contributed by atoms with Crippen molar-refractivity contribution < 1.29 is 17.7 Å². The van der Waals surface area contributed by atoms with Crippen LogP contribution >= 0.6 is 0 Å². The van der Waals surface area contributed by atoms with Crippen LogP contribution in [0.15, 0.2) is 33.7 Å². The first-order chi connectivity index (χ1) is 11.2. The molecule has 0 atom stereocenters. The normalized spacial score (nSPS) is 15.1. The third kappa shape index (κ3) is 2.37. The summed E-state index contributed by atoms with van der Waals surface area (Å²) in [6.07, 6.45) is 0. The highest BCUT2D eigenvalue weighted by Crippen LogP contribution is 2.38. The molecule has 8 heteroatoms. The summed E-state index contributed by atoms with van der Waals surface area (Å²) in [5.41, 5.74) is 1.34. The maximum Gasteiger partial charge on any atom is 0.270 e. The molecular weight excluding hydrogens is 330 g/mol. The van der Waals surface area contributed by atoms with Gasteiger partial charge in [0.1, 0.15) is 12.2 Å². The van der Waals surface area contributed by atoms with Crippen LogP contribution in [0.1, 0.15) is 25.3 Å². The highest BCUT2D eigenvalue weighted by molar-refractivity contribution is 7.93. The van der Waals surface area contributed by atoms with Gasteiger partial charge in [-0.25, -0.2) is 8.42 Å². The van der Waals surface area contributed by atoms with Crippen LogP contribution in [0.4, 0.5) is 11.4 Å². The minimum Gasteiger partial charge on any atom is -0.360 e. The van der Waals surface area contributed by atoms with E-state index in [-0.39, 0.29) is 34.8 Å². The Morgan fingerprint density at radius 3 is 2.33 bits per heavy atom. The van der Waals surface area contributed by atoms with Gasteiger partial charge in [-0.2, -0.15) is 0 Å². The van der Waals surface area contributed by atoms with E-state index in [9.17, 15) is 13.2 Å². The highest BCUT2D eigenvalue weighted by Gasteiger charge is 2.39. The summed E-state index contributed by atoms with van der Waals surface area (Å²) in [6.45, 7) is 6.66. The van der Waals surface area contributed by atoms with Crippen LogP contribution in [0.5, 0.6) is 0 Å². The number of aromatic nitrogens is 1. The van der Waals surface area contributed by atoms with Crippen LogP contribution in [0.3, 0.4) is 0 Å². The number of nitrogens with zero attached hydrogens (tertiary/aromatic N) is 3. The van der Waals surface area contributed by atoms with Crippen molar-refractivity contribution in [1.82, 2.24) is 5.16 Å². The van der Waals surface area contributed by atoms with E-state index in [0.717, 1.165) is 4.31 Å². The van der Waals surface area contributed by atoms with E-state index in [4.69, 9.17) is 4.52 Å². The first-order valence-electron chi connectivity index (χ1n) is 7.62. The number of hydrogen-bond acceptors (Lipinski definition) is 5. The Morgan fingerprint density at radius 2 is 1.79 bits per heavy atom. The summed E-state index contributed by atoms with van der Waals surface area (Å²) in [7, 11) is -3.95. The van der Waals surface area contributed by atoms with Gasteiger partial charge < -0.3 is 9.42 Å². The predicted molar refractivity (Wildman–Crippen MR) is 89.6 cm³/mol. The molecule has 0 radical (unpaired) electrons. The van der Waals surface area contributed by atoms with Crippen molar-refractivity contribution in [2.75, 3.05) is 15.7 Å². The van der Waals surface area contributed by atoms with E-state index in [1.54, 1.807) is 43.0 Å². The fourth-order valence-electron chi connectivity index (χ4n) is 3.03. The number of fused-ring (bicyclic) bond motifs is 1. The van der Waals surface area contributed by atoms with Gasteiger partial charge in [-0.1, -0.05) is 17.3 Å². The molecule has 128 valence electrons. The van der Waals surface area contributed by atoms with Gasteiger partial charge >= 0.3 is 0 Å². The van der Waals surface area contributed by atoms with Crippen LogP contribution in [0, 0.1) is 13.8 Å². The molecule has 2 heterocycles. The van der Waals surface area contributed by atoms with E-state index in [1.807, 2.05) is 13.8 Å². The molecular formula is C16H19N3O4S. The third-order valence-electron chi connectivity index (χ3n) is 3.99. The third-order valence-corrected chi connectivity index (χ3v) is 5.99. The zero-order valence-electron chi connectivity index (χ0n) is 14.0. The maximum absolute atomic E-state index is 13.1. The number of para-hydroxylation sites is 2. The molecule has 1 aromatic heterocycles. The molecule has 0 fully saturated rings. The first-order valence-corrected chi connectivity index (χ1v) is 9.06. The smallest absolute Gasteiger partial charge is 0.270 e. The second-order valence-electron chi connectivity index (χ2n) is 6.01. The number of aryl methyl sites for hydroxylation is 2. The van der Waals surface area contributed by atoms with Gasteiger partial charge in [-0.15, -0.1) is 0 Å². The fourth-order valence-corrected chi connectivity index (χ4v) is 4.76. The van der Waals surface area contributed by atoms with Crippen molar-refractivity contribution in [2.24, 2.45) is 0 Å². The predicted octanol–water partition coefficient (Wildman–Crippen LogP) is 2.24. The lowest BCUT2D eigenvalue weighted by Crippen LogP contribution is -2.50. The molecule has 0 bridgehead atoms. The zero-order valence-corrected chi connectivity index (χ0v) is 14.8. The lowest BCUT2D eigenvalue weighted by Gasteiger charge is -2.38. The Hall–Kier alpha value is -2.35. The van der Waals surface area contributed by atoms with E-state index in [0.29, 0.717) is 11.4 Å². The standard InChI is InChI=1S/C16H19N3O4S/c1-10(2)19-14-8-6-5-7-13(14)18(9-15(19)20)24(21,22)16-11(3)17-23-12(16)4/h5-8,10H,9H2,1-4H3. The summed E-state index contributed by atoms with van der Waals surface area (Å²) < 4.78 is 32.4. The first kappa shape index (κ1) is 16.5. The van der Waals surface area contributed by atoms with Gasteiger partial charge in [0.15, 0.2) is 10.7 Å². The number of benzene rings is 1. The van der Waals surface area contributed by atoms with E-state index in [1.165, 1.54) is 0 Å². The highest BCUT2D eigenvalue weighted by atomic mass is 32.2. The molecule has 1 aliphatic heterocycles. The molecule has 7 nitrogen and oxygen atoms in total. The van der Waals surface area contributed by atoms with Crippen molar-refractivity contribution in [3.63, 3.8) is 0 Å².